The van der Waals surface area contributed by atoms with Gasteiger partial charge in [-0.15, -0.1) is 0 Å². The van der Waals surface area contributed by atoms with E-state index in [0.29, 0.717) is 6.61 Å². The molecule has 1 aliphatic rings. The van der Waals surface area contributed by atoms with Crippen molar-refractivity contribution in [3.8, 4) is 0 Å². The number of carbonyl (C=O) groups excluding carboxylic acids is 1. The molecule has 26 heavy (non-hydrogen) atoms. The quantitative estimate of drug-likeness (QED) is 0.712. The van der Waals surface area contributed by atoms with Crippen LogP contribution in [-0.2, 0) is 14.3 Å². The Hall–Kier alpha value is -2.17. The molecule has 4 nitrogen and oxygen atoms in total. The number of ether oxygens (including phenoxy) is 2. The molecule has 0 amide bonds. The highest BCUT2D eigenvalue weighted by Gasteiger charge is 2.25. The van der Waals surface area contributed by atoms with Crippen LogP contribution in [0.1, 0.15) is 30.1 Å². The molecule has 0 N–H and O–H groups in total. The van der Waals surface area contributed by atoms with E-state index in [2.05, 4.69) is 29.2 Å². The molecule has 2 aromatic carbocycles. The van der Waals surface area contributed by atoms with Crippen LogP contribution in [0.2, 0.25) is 0 Å². The molecule has 0 spiro atoms. The highest BCUT2D eigenvalue weighted by atomic mass is 16.5. The molecule has 3 rings (SSSR count). The molecule has 1 aliphatic heterocycles. The van der Waals surface area contributed by atoms with Gasteiger partial charge in [0.2, 0.25) is 0 Å². The first-order valence-corrected chi connectivity index (χ1v) is 9.29. The Morgan fingerprint density at radius 1 is 1.00 bits per heavy atom. The minimum absolute atomic E-state index is 0.0509. The molecule has 0 bridgehead atoms. The van der Waals surface area contributed by atoms with E-state index in [4.69, 9.17) is 9.47 Å². The summed E-state index contributed by atoms with van der Waals surface area (Å²) < 4.78 is 11.1. The molecule has 1 saturated heterocycles. The molecule has 0 radical (unpaired) electrons. The topological polar surface area (TPSA) is 38.8 Å². The zero-order chi connectivity index (χ0) is 18.2. The Balaban J connectivity index is 1.54. The normalized spacial score (nSPS) is 15.9. The number of likely N-dealkylation sites (tertiary alicyclic amines) is 1. The Bertz CT molecular complexity index is 627. The molecule has 0 saturated carbocycles. The summed E-state index contributed by atoms with van der Waals surface area (Å²) >= 11 is 0. The summed E-state index contributed by atoms with van der Waals surface area (Å²) in [4.78, 5) is 14.0. The van der Waals surface area contributed by atoms with Gasteiger partial charge in [-0.3, -0.25) is 4.79 Å². The van der Waals surface area contributed by atoms with Gasteiger partial charge in [0.1, 0.15) is 6.10 Å². The van der Waals surface area contributed by atoms with Crippen molar-refractivity contribution < 1.29 is 14.3 Å². The Morgan fingerprint density at radius 2 is 1.54 bits per heavy atom. The molecular formula is C22H27NO3. The third-order valence-electron chi connectivity index (χ3n) is 5.02. The molecular weight excluding hydrogens is 326 g/mol. The number of esters is 1. The van der Waals surface area contributed by atoms with Gasteiger partial charge in [-0.25, -0.2) is 0 Å². The molecule has 2 aromatic rings. The van der Waals surface area contributed by atoms with E-state index in [1.165, 1.54) is 18.2 Å². The van der Waals surface area contributed by atoms with E-state index in [-0.39, 0.29) is 18.0 Å². The molecule has 1 fully saturated rings. The van der Waals surface area contributed by atoms with Gasteiger partial charge in [-0.05, 0) is 37.1 Å². The van der Waals surface area contributed by atoms with E-state index in [1.807, 2.05) is 36.4 Å². The zero-order valence-electron chi connectivity index (χ0n) is 15.3. The zero-order valence-corrected chi connectivity index (χ0v) is 15.3. The lowest BCUT2D eigenvalue weighted by Crippen LogP contribution is -2.38. The van der Waals surface area contributed by atoms with Gasteiger partial charge in [-0.2, -0.15) is 0 Å². The minimum Gasteiger partial charge on any atom is -0.469 e. The molecule has 1 heterocycles. The van der Waals surface area contributed by atoms with E-state index >= 15 is 0 Å². The lowest BCUT2D eigenvalue weighted by Gasteiger charge is -2.31. The van der Waals surface area contributed by atoms with Crippen molar-refractivity contribution in [1.82, 2.24) is 4.90 Å². The van der Waals surface area contributed by atoms with Crippen molar-refractivity contribution in [3.05, 3.63) is 71.8 Å². The van der Waals surface area contributed by atoms with Crippen LogP contribution >= 0.6 is 0 Å². The van der Waals surface area contributed by atoms with Gasteiger partial charge >= 0.3 is 5.97 Å². The van der Waals surface area contributed by atoms with Crippen LogP contribution in [0.4, 0.5) is 0 Å². The fraction of sp³-hybridized carbons (Fsp3) is 0.409. The van der Waals surface area contributed by atoms with Gasteiger partial charge in [0.25, 0.3) is 0 Å². The fourth-order valence-electron chi connectivity index (χ4n) is 3.50. The highest BCUT2D eigenvalue weighted by molar-refractivity contribution is 5.72. The summed E-state index contributed by atoms with van der Waals surface area (Å²) in [6.07, 6.45) is 1.69. The lowest BCUT2D eigenvalue weighted by molar-refractivity contribution is -0.147. The number of hydrogen-bond donors (Lipinski definition) is 0. The number of hydrogen-bond acceptors (Lipinski definition) is 4. The maximum atomic E-state index is 11.6. The Morgan fingerprint density at radius 3 is 2.04 bits per heavy atom. The van der Waals surface area contributed by atoms with Crippen molar-refractivity contribution in [1.29, 1.82) is 0 Å². The summed E-state index contributed by atoms with van der Waals surface area (Å²) in [7, 11) is 1.47. The number of benzene rings is 2. The average molecular weight is 353 g/mol. The second-order valence-electron chi connectivity index (χ2n) is 6.71. The first-order valence-electron chi connectivity index (χ1n) is 9.29. The van der Waals surface area contributed by atoms with Crippen LogP contribution in [0.25, 0.3) is 0 Å². The van der Waals surface area contributed by atoms with Crippen molar-refractivity contribution in [3.63, 3.8) is 0 Å². The second kappa shape index (κ2) is 9.51. The number of rotatable bonds is 7. The van der Waals surface area contributed by atoms with Gasteiger partial charge < -0.3 is 14.4 Å². The summed E-state index contributed by atoms with van der Waals surface area (Å²) in [6.45, 7) is 3.39. The molecule has 0 aliphatic carbocycles. The molecule has 0 unspecified atom stereocenters. The van der Waals surface area contributed by atoms with Gasteiger partial charge in [0, 0.05) is 6.54 Å². The van der Waals surface area contributed by atoms with Crippen LogP contribution in [-0.4, -0.2) is 44.2 Å². The minimum atomic E-state index is -0.0749. The van der Waals surface area contributed by atoms with Gasteiger partial charge in [-0.1, -0.05) is 60.7 Å². The predicted molar refractivity (Wildman–Crippen MR) is 102 cm³/mol. The van der Waals surface area contributed by atoms with Crippen LogP contribution in [0, 0.1) is 5.92 Å². The first-order chi connectivity index (χ1) is 12.8. The first kappa shape index (κ1) is 18.6. The number of carbonyl (C=O) groups is 1. The molecule has 4 heteroatoms. The van der Waals surface area contributed by atoms with E-state index in [1.54, 1.807) is 0 Å². The van der Waals surface area contributed by atoms with Crippen LogP contribution < -0.4 is 0 Å². The maximum absolute atomic E-state index is 11.6. The van der Waals surface area contributed by atoms with Crippen molar-refractivity contribution in [2.45, 2.75) is 18.9 Å². The van der Waals surface area contributed by atoms with Crippen molar-refractivity contribution in [2.24, 2.45) is 5.92 Å². The fourth-order valence-corrected chi connectivity index (χ4v) is 3.50. The van der Waals surface area contributed by atoms with E-state index in [0.717, 1.165) is 32.5 Å². The van der Waals surface area contributed by atoms with Crippen LogP contribution in [0.5, 0.6) is 0 Å². The van der Waals surface area contributed by atoms with Gasteiger partial charge in [0.15, 0.2) is 0 Å². The monoisotopic (exact) mass is 353 g/mol. The summed E-state index contributed by atoms with van der Waals surface area (Å²) in [6, 6.07) is 20.7. The van der Waals surface area contributed by atoms with E-state index < -0.39 is 0 Å². The van der Waals surface area contributed by atoms with Crippen molar-refractivity contribution in [2.75, 3.05) is 33.4 Å². The summed E-state index contributed by atoms with van der Waals surface area (Å²) in [5, 5.41) is 0. The largest absolute Gasteiger partial charge is 0.469 e. The summed E-state index contributed by atoms with van der Waals surface area (Å²) in [5.74, 6) is -0.0207. The Labute approximate surface area is 155 Å². The third-order valence-corrected chi connectivity index (χ3v) is 5.02. The SMILES string of the molecule is COC(=O)C1CCN(CCOC(c2ccccc2)c2ccccc2)CC1. The predicted octanol–water partition coefficient (Wildman–Crippen LogP) is 3.68. The lowest BCUT2D eigenvalue weighted by atomic mass is 9.97. The Kier molecular flexibility index (Phi) is 6.81. The number of methoxy groups -OCH3 is 1. The molecule has 0 atom stereocenters. The maximum Gasteiger partial charge on any atom is 0.308 e. The molecule has 0 aromatic heterocycles. The van der Waals surface area contributed by atoms with Crippen LogP contribution in [0.15, 0.2) is 60.7 Å². The summed E-state index contributed by atoms with van der Waals surface area (Å²) in [5.41, 5.74) is 2.34. The van der Waals surface area contributed by atoms with Crippen molar-refractivity contribution >= 4 is 5.97 Å². The third kappa shape index (κ3) is 4.93. The van der Waals surface area contributed by atoms with E-state index in [9.17, 15) is 4.79 Å². The van der Waals surface area contributed by atoms with Gasteiger partial charge in [0.05, 0.1) is 19.6 Å². The smallest absolute Gasteiger partial charge is 0.308 e. The number of piperidine rings is 1. The number of nitrogens with zero attached hydrogens (tertiary/aromatic N) is 1. The van der Waals surface area contributed by atoms with Crippen LogP contribution in [0.3, 0.4) is 0 Å². The average Bonchev–Trinajstić information content (AvgIpc) is 2.72. The standard InChI is InChI=1S/C22H27NO3/c1-25-22(24)20-12-14-23(15-13-20)16-17-26-21(18-8-4-2-5-9-18)19-10-6-3-7-11-19/h2-11,20-21H,12-17H2,1H3. The second-order valence-corrected chi connectivity index (χ2v) is 6.71. The molecule has 138 valence electrons. The highest BCUT2D eigenvalue weighted by Crippen LogP contribution is 2.26.